The smallest absolute Gasteiger partial charge is 0.308 e. The summed E-state index contributed by atoms with van der Waals surface area (Å²) in [7, 11) is 1.53. The predicted octanol–water partition coefficient (Wildman–Crippen LogP) is 1.96. The van der Waals surface area contributed by atoms with Crippen LogP contribution < -0.4 is 0 Å². The molecule has 80 valence electrons. The van der Waals surface area contributed by atoms with Gasteiger partial charge in [0.25, 0.3) is 0 Å². The lowest BCUT2D eigenvalue weighted by Crippen LogP contribution is -2.17. The van der Waals surface area contributed by atoms with Gasteiger partial charge in [0.2, 0.25) is 0 Å². The van der Waals surface area contributed by atoms with Crippen molar-refractivity contribution in [3.63, 3.8) is 0 Å². The van der Waals surface area contributed by atoms with Gasteiger partial charge in [-0.1, -0.05) is 6.42 Å². The SMILES string of the molecule is COCOC(=O)CC1CC2CCC1C2. The molecule has 2 rings (SSSR count). The maximum atomic E-state index is 11.3. The number of fused-ring (bicyclic) bond motifs is 2. The van der Waals surface area contributed by atoms with Crippen LogP contribution in [0.2, 0.25) is 0 Å². The van der Waals surface area contributed by atoms with Crippen LogP contribution in [0.4, 0.5) is 0 Å². The van der Waals surface area contributed by atoms with E-state index < -0.39 is 0 Å². The van der Waals surface area contributed by atoms with Crippen molar-refractivity contribution >= 4 is 5.97 Å². The summed E-state index contributed by atoms with van der Waals surface area (Å²) in [5.74, 6) is 2.21. The number of carbonyl (C=O) groups excluding carboxylic acids is 1. The van der Waals surface area contributed by atoms with Crippen LogP contribution in [0, 0.1) is 17.8 Å². The van der Waals surface area contributed by atoms with E-state index in [9.17, 15) is 4.79 Å². The highest BCUT2D eigenvalue weighted by atomic mass is 16.7. The molecule has 2 saturated carbocycles. The van der Waals surface area contributed by atoms with Crippen molar-refractivity contribution in [2.75, 3.05) is 13.9 Å². The van der Waals surface area contributed by atoms with Crippen LogP contribution in [0.5, 0.6) is 0 Å². The minimum absolute atomic E-state index is 0.0931. The summed E-state index contributed by atoms with van der Waals surface area (Å²) in [6, 6.07) is 0. The van der Waals surface area contributed by atoms with E-state index in [2.05, 4.69) is 0 Å². The van der Waals surface area contributed by atoms with Crippen LogP contribution in [0.3, 0.4) is 0 Å². The van der Waals surface area contributed by atoms with E-state index in [1.165, 1.54) is 32.8 Å². The number of rotatable bonds is 4. The third kappa shape index (κ3) is 2.08. The second kappa shape index (κ2) is 4.30. The third-order valence-corrected chi connectivity index (χ3v) is 3.65. The Bertz CT molecular complexity index is 215. The van der Waals surface area contributed by atoms with Crippen LogP contribution in [0.1, 0.15) is 32.1 Å². The van der Waals surface area contributed by atoms with Crippen LogP contribution in [0.15, 0.2) is 0 Å². The molecule has 2 fully saturated rings. The van der Waals surface area contributed by atoms with E-state index in [0.29, 0.717) is 12.3 Å². The molecule has 0 heterocycles. The summed E-state index contributed by atoms with van der Waals surface area (Å²) < 4.78 is 9.60. The lowest BCUT2D eigenvalue weighted by Gasteiger charge is -2.20. The molecule has 0 spiro atoms. The molecule has 2 aliphatic rings. The fraction of sp³-hybridized carbons (Fsp3) is 0.909. The number of ether oxygens (including phenoxy) is 2. The molecule has 3 atom stereocenters. The lowest BCUT2D eigenvalue weighted by atomic mass is 9.86. The molecule has 3 heteroatoms. The standard InChI is InChI=1S/C11H18O3/c1-13-7-14-11(12)6-10-5-8-2-3-9(10)4-8/h8-10H,2-7H2,1H3. The summed E-state index contributed by atoms with van der Waals surface area (Å²) in [5, 5.41) is 0. The van der Waals surface area contributed by atoms with Crippen LogP contribution in [0.25, 0.3) is 0 Å². The Kier molecular flexibility index (Phi) is 3.06. The first-order valence-electron chi connectivity index (χ1n) is 5.44. The Morgan fingerprint density at radius 2 is 2.21 bits per heavy atom. The Balaban J connectivity index is 1.73. The van der Waals surface area contributed by atoms with Crippen molar-refractivity contribution in [1.82, 2.24) is 0 Å². The van der Waals surface area contributed by atoms with Crippen molar-refractivity contribution in [2.45, 2.75) is 32.1 Å². The Morgan fingerprint density at radius 1 is 1.36 bits per heavy atom. The second-order valence-electron chi connectivity index (χ2n) is 4.56. The second-order valence-corrected chi connectivity index (χ2v) is 4.56. The van der Waals surface area contributed by atoms with E-state index in [-0.39, 0.29) is 12.8 Å². The summed E-state index contributed by atoms with van der Waals surface area (Å²) in [6.07, 6.45) is 5.90. The molecule has 0 aromatic carbocycles. The minimum Gasteiger partial charge on any atom is -0.438 e. The van der Waals surface area contributed by atoms with Gasteiger partial charge in [0.05, 0.1) is 0 Å². The molecule has 0 aromatic rings. The van der Waals surface area contributed by atoms with Gasteiger partial charge in [-0.2, -0.15) is 0 Å². The van der Waals surface area contributed by atoms with E-state index in [1.807, 2.05) is 0 Å². The lowest BCUT2D eigenvalue weighted by molar-refractivity contribution is -0.155. The van der Waals surface area contributed by atoms with Crippen LogP contribution in [-0.4, -0.2) is 19.9 Å². The van der Waals surface area contributed by atoms with E-state index in [1.54, 1.807) is 0 Å². The van der Waals surface area contributed by atoms with Gasteiger partial charge < -0.3 is 9.47 Å². The van der Waals surface area contributed by atoms with E-state index in [0.717, 1.165) is 11.8 Å². The van der Waals surface area contributed by atoms with Crippen molar-refractivity contribution in [3.8, 4) is 0 Å². The third-order valence-electron chi connectivity index (χ3n) is 3.65. The molecule has 0 aliphatic heterocycles. The van der Waals surface area contributed by atoms with Gasteiger partial charge in [0.15, 0.2) is 6.79 Å². The van der Waals surface area contributed by atoms with Gasteiger partial charge in [-0.05, 0) is 37.0 Å². The topological polar surface area (TPSA) is 35.5 Å². The van der Waals surface area contributed by atoms with Crippen LogP contribution >= 0.6 is 0 Å². The zero-order valence-corrected chi connectivity index (χ0v) is 8.70. The zero-order valence-electron chi connectivity index (χ0n) is 8.70. The molecular formula is C11H18O3. The summed E-state index contributed by atoms with van der Waals surface area (Å²) >= 11 is 0. The number of hydrogen-bond donors (Lipinski definition) is 0. The van der Waals surface area contributed by atoms with Crippen molar-refractivity contribution in [2.24, 2.45) is 17.8 Å². The molecule has 2 bridgehead atoms. The highest BCUT2D eigenvalue weighted by Gasteiger charge is 2.40. The van der Waals surface area contributed by atoms with Gasteiger partial charge in [0, 0.05) is 13.5 Å². The largest absolute Gasteiger partial charge is 0.438 e. The molecule has 3 nitrogen and oxygen atoms in total. The summed E-state index contributed by atoms with van der Waals surface area (Å²) in [4.78, 5) is 11.3. The van der Waals surface area contributed by atoms with E-state index >= 15 is 0 Å². The molecule has 0 radical (unpaired) electrons. The number of carbonyl (C=O) groups is 1. The molecule has 2 aliphatic carbocycles. The Labute approximate surface area is 84.8 Å². The first-order valence-corrected chi connectivity index (χ1v) is 5.44. The molecule has 0 amide bonds. The van der Waals surface area contributed by atoms with Gasteiger partial charge in [-0.25, -0.2) is 0 Å². The van der Waals surface area contributed by atoms with Gasteiger partial charge in [0.1, 0.15) is 0 Å². The fourth-order valence-corrected chi connectivity index (χ4v) is 3.02. The van der Waals surface area contributed by atoms with Gasteiger partial charge in [-0.3, -0.25) is 4.79 Å². The first kappa shape index (κ1) is 9.97. The average Bonchev–Trinajstić information content (AvgIpc) is 2.76. The molecule has 0 aromatic heterocycles. The van der Waals surface area contributed by atoms with Gasteiger partial charge >= 0.3 is 5.97 Å². The Morgan fingerprint density at radius 3 is 2.79 bits per heavy atom. The number of esters is 1. The van der Waals surface area contributed by atoms with Crippen molar-refractivity contribution in [3.05, 3.63) is 0 Å². The summed E-state index contributed by atoms with van der Waals surface area (Å²) in [6.45, 7) is 0.0969. The van der Waals surface area contributed by atoms with Gasteiger partial charge in [-0.15, -0.1) is 0 Å². The van der Waals surface area contributed by atoms with Crippen LogP contribution in [-0.2, 0) is 14.3 Å². The normalized spacial score (nSPS) is 34.8. The van der Waals surface area contributed by atoms with Crippen molar-refractivity contribution < 1.29 is 14.3 Å². The number of hydrogen-bond acceptors (Lipinski definition) is 3. The molecular weight excluding hydrogens is 180 g/mol. The maximum Gasteiger partial charge on any atom is 0.308 e. The molecule has 14 heavy (non-hydrogen) atoms. The molecule has 0 saturated heterocycles. The molecule has 3 unspecified atom stereocenters. The minimum atomic E-state index is -0.0931. The fourth-order valence-electron chi connectivity index (χ4n) is 3.02. The highest BCUT2D eigenvalue weighted by molar-refractivity contribution is 5.69. The maximum absolute atomic E-state index is 11.3. The monoisotopic (exact) mass is 198 g/mol. The zero-order chi connectivity index (χ0) is 9.97. The predicted molar refractivity (Wildman–Crippen MR) is 51.5 cm³/mol. The molecule has 0 N–H and O–H groups in total. The summed E-state index contributed by atoms with van der Waals surface area (Å²) in [5.41, 5.74) is 0. The highest BCUT2D eigenvalue weighted by Crippen LogP contribution is 2.49. The van der Waals surface area contributed by atoms with Crippen molar-refractivity contribution in [1.29, 1.82) is 0 Å². The first-order chi connectivity index (χ1) is 6.79. The van der Waals surface area contributed by atoms with E-state index in [4.69, 9.17) is 9.47 Å². The Hall–Kier alpha value is -0.570. The number of methoxy groups -OCH3 is 1. The average molecular weight is 198 g/mol. The quantitative estimate of drug-likeness (QED) is 0.511.